The fourth-order valence-corrected chi connectivity index (χ4v) is 3.47. The molecule has 2 N–H and O–H groups in total. The van der Waals surface area contributed by atoms with Crippen LogP contribution in [0, 0.1) is 0 Å². The number of nitrogens with one attached hydrogen (secondary N) is 2. The number of hydrogen-bond donors (Lipinski definition) is 2. The van der Waals surface area contributed by atoms with Gasteiger partial charge in [0.05, 0.1) is 17.9 Å². The second-order valence-corrected chi connectivity index (χ2v) is 7.32. The number of carbonyl (C=O) groups excluding carboxylic acids is 1. The number of nitrogens with zero attached hydrogens (tertiary/aromatic N) is 3. The highest BCUT2D eigenvalue weighted by Gasteiger charge is 2.16. The summed E-state index contributed by atoms with van der Waals surface area (Å²) < 4.78 is 5.61. The molecule has 8 heteroatoms. The summed E-state index contributed by atoms with van der Waals surface area (Å²) in [5.41, 5.74) is 2.61. The van der Waals surface area contributed by atoms with E-state index in [0.29, 0.717) is 16.8 Å². The number of amides is 2. The van der Waals surface area contributed by atoms with Crippen molar-refractivity contribution in [3.05, 3.63) is 59.4 Å². The molecule has 4 rings (SSSR count). The highest BCUT2D eigenvalue weighted by atomic mass is 35.5. The van der Waals surface area contributed by atoms with E-state index in [-0.39, 0.29) is 12.6 Å². The van der Waals surface area contributed by atoms with Crippen LogP contribution in [0.3, 0.4) is 0 Å². The van der Waals surface area contributed by atoms with Crippen LogP contribution in [-0.2, 0) is 6.54 Å². The summed E-state index contributed by atoms with van der Waals surface area (Å²) >= 11 is 5.89. The van der Waals surface area contributed by atoms with Gasteiger partial charge in [0.15, 0.2) is 0 Å². The van der Waals surface area contributed by atoms with Gasteiger partial charge in [-0.1, -0.05) is 23.7 Å². The first-order valence-corrected chi connectivity index (χ1v) is 10.0. The Morgan fingerprint density at radius 1 is 1.03 bits per heavy atom. The number of para-hydroxylation sites is 2. The van der Waals surface area contributed by atoms with E-state index >= 15 is 0 Å². The van der Waals surface area contributed by atoms with Gasteiger partial charge < -0.3 is 20.0 Å². The van der Waals surface area contributed by atoms with Gasteiger partial charge in [0.25, 0.3) is 0 Å². The molecule has 0 unspecified atom stereocenters. The van der Waals surface area contributed by atoms with Gasteiger partial charge in [0.1, 0.15) is 0 Å². The summed E-state index contributed by atoms with van der Waals surface area (Å²) in [6, 6.07) is 14.7. The van der Waals surface area contributed by atoms with Crippen LogP contribution in [0.4, 0.5) is 16.2 Å². The van der Waals surface area contributed by atoms with Gasteiger partial charge in [-0.05, 0) is 55.7 Å². The van der Waals surface area contributed by atoms with Crippen LogP contribution in [0.1, 0.15) is 25.2 Å². The van der Waals surface area contributed by atoms with E-state index < -0.39 is 0 Å². The molecule has 0 bridgehead atoms. The first-order chi connectivity index (χ1) is 14.2. The Hall–Kier alpha value is -3.06. The van der Waals surface area contributed by atoms with E-state index in [1.54, 1.807) is 24.3 Å². The molecular formula is C21H22ClN5O2. The highest BCUT2D eigenvalue weighted by molar-refractivity contribution is 6.30. The van der Waals surface area contributed by atoms with Crippen molar-refractivity contribution in [3.8, 4) is 11.5 Å². The number of anilines is 2. The zero-order chi connectivity index (χ0) is 20.1. The molecule has 1 saturated heterocycles. The molecule has 1 aliphatic heterocycles. The number of halogens is 1. The molecule has 0 radical (unpaired) electrons. The van der Waals surface area contributed by atoms with Crippen LogP contribution in [-0.4, -0.2) is 29.3 Å². The number of carbonyl (C=O) groups is 1. The summed E-state index contributed by atoms with van der Waals surface area (Å²) in [6.07, 6.45) is 3.61. The Bertz CT molecular complexity index is 967. The van der Waals surface area contributed by atoms with Crippen molar-refractivity contribution in [2.75, 3.05) is 23.3 Å². The fraction of sp³-hybridized carbons (Fsp3) is 0.286. The monoisotopic (exact) mass is 411 g/mol. The first-order valence-electron chi connectivity index (χ1n) is 9.66. The largest absolute Gasteiger partial charge is 0.419 e. The second-order valence-electron chi connectivity index (χ2n) is 6.88. The van der Waals surface area contributed by atoms with E-state index in [1.165, 1.54) is 19.3 Å². The lowest BCUT2D eigenvalue weighted by atomic mass is 10.1. The molecule has 0 saturated carbocycles. The lowest BCUT2D eigenvalue weighted by Crippen LogP contribution is -2.32. The van der Waals surface area contributed by atoms with Gasteiger partial charge in [-0.3, -0.25) is 0 Å². The van der Waals surface area contributed by atoms with E-state index in [1.807, 2.05) is 24.3 Å². The fourth-order valence-electron chi connectivity index (χ4n) is 3.35. The molecule has 0 spiro atoms. The van der Waals surface area contributed by atoms with Crippen molar-refractivity contribution in [1.29, 1.82) is 0 Å². The van der Waals surface area contributed by atoms with Crippen molar-refractivity contribution in [2.45, 2.75) is 25.8 Å². The molecule has 1 aromatic heterocycles. The van der Waals surface area contributed by atoms with E-state index in [9.17, 15) is 4.79 Å². The third-order valence-corrected chi connectivity index (χ3v) is 5.06. The van der Waals surface area contributed by atoms with Crippen molar-refractivity contribution < 1.29 is 9.21 Å². The third kappa shape index (κ3) is 4.86. The smallest absolute Gasteiger partial charge is 0.319 e. The molecule has 3 aromatic rings. The van der Waals surface area contributed by atoms with E-state index in [4.69, 9.17) is 16.0 Å². The number of benzene rings is 2. The van der Waals surface area contributed by atoms with Crippen LogP contribution in [0.5, 0.6) is 0 Å². The molecule has 2 heterocycles. The number of rotatable bonds is 5. The maximum atomic E-state index is 12.4. The van der Waals surface area contributed by atoms with Gasteiger partial charge in [0.2, 0.25) is 11.8 Å². The topological polar surface area (TPSA) is 83.3 Å². The lowest BCUT2D eigenvalue weighted by Gasteiger charge is -2.30. The number of urea groups is 1. The van der Waals surface area contributed by atoms with Gasteiger partial charge in [-0.15, -0.1) is 10.2 Å². The predicted octanol–water partition coefficient (Wildman–Crippen LogP) is 4.70. The standard InChI is InChI=1S/C21H22ClN5O2/c22-16-10-8-15(9-11-16)20-26-25-19(29-20)14-23-21(28)24-17-6-2-3-7-18(17)27-12-4-1-5-13-27/h2-3,6-11H,1,4-5,12-14H2,(H2,23,24,28). The zero-order valence-electron chi connectivity index (χ0n) is 15.9. The molecule has 1 aliphatic rings. The molecule has 29 heavy (non-hydrogen) atoms. The highest BCUT2D eigenvalue weighted by Crippen LogP contribution is 2.28. The molecular weight excluding hydrogens is 390 g/mol. The molecule has 0 aliphatic carbocycles. The van der Waals surface area contributed by atoms with Gasteiger partial charge >= 0.3 is 6.03 Å². The molecule has 2 aromatic carbocycles. The van der Waals surface area contributed by atoms with Crippen molar-refractivity contribution in [2.24, 2.45) is 0 Å². The molecule has 1 fully saturated rings. The van der Waals surface area contributed by atoms with Crippen LogP contribution < -0.4 is 15.5 Å². The van der Waals surface area contributed by atoms with Crippen LogP contribution in [0.25, 0.3) is 11.5 Å². The van der Waals surface area contributed by atoms with Crippen LogP contribution in [0.15, 0.2) is 52.9 Å². The number of aromatic nitrogens is 2. The maximum Gasteiger partial charge on any atom is 0.319 e. The summed E-state index contributed by atoms with van der Waals surface area (Å²) in [5, 5.41) is 14.3. The van der Waals surface area contributed by atoms with E-state index in [0.717, 1.165) is 30.0 Å². The summed E-state index contributed by atoms with van der Waals surface area (Å²) in [7, 11) is 0. The normalized spacial score (nSPS) is 13.9. The van der Waals surface area contributed by atoms with Crippen molar-refractivity contribution >= 4 is 29.0 Å². The quantitative estimate of drug-likeness (QED) is 0.635. The third-order valence-electron chi connectivity index (χ3n) is 4.81. The van der Waals surface area contributed by atoms with Gasteiger partial charge in [-0.2, -0.15) is 0 Å². The Balaban J connectivity index is 1.36. The minimum Gasteiger partial charge on any atom is -0.419 e. The van der Waals surface area contributed by atoms with Crippen molar-refractivity contribution in [1.82, 2.24) is 15.5 Å². The predicted molar refractivity (Wildman–Crippen MR) is 113 cm³/mol. The van der Waals surface area contributed by atoms with Crippen LogP contribution in [0.2, 0.25) is 5.02 Å². The minimum absolute atomic E-state index is 0.137. The lowest BCUT2D eigenvalue weighted by molar-refractivity contribution is 0.250. The summed E-state index contributed by atoms with van der Waals surface area (Å²) in [4.78, 5) is 14.7. The molecule has 2 amide bonds. The Morgan fingerprint density at radius 2 is 1.79 bits per heavy atom. The zero-order valence-corrected chi connectivity index (χ0v) is 16.7. The minimum atomic E-state index is -0.319. The molecule has 7 nitrogen and oxygen atoms in total. The van der Waals surface area contributed by atoms with Gasteiger partial charge in [0, 0.05) is 23.7 Å². The Morgan fingerprint density at radius 3 is 2.59 bits per heavy atom. The molecule has 0 atom stereocenters. The summed E-state index contributed by atoms with van der Waals surface area (Å²) in [5.74, 6) is 0.712. The Labute approximate surface area is 174 Å². The summed E-state index contributed by atoms with van der Waals surface area (Å²) in [6.45, 7) is 2.16. The second kappa shape index (κ2) is 8.96. The van der Waals surface area contributed by atoms with Gasteiger partial charge in [-0.25, -0.2) is 4.79 Å². The number of hydrogen-bond acceptors (Lipinski definition) is 5. The first kappa shape index (κ1) is 19.3. The number of piperidine rings is 1. The average Bonchev–Trinajstić information content (AvgIpc) is 3.23. The SMILES string of the molecule is O=C(NCc1nnc(-c2ccc(Cl)cc2)o1)Nc1ccccc1N1CCCCC1. The van der Waals surface area contributed by atoms with Crippen LogP contribution >= 0.6 is 11.6 Å². The Kier molecular flexibility index (Phi) is 5.95. The van der Waals surface area contributed by atoms with E-state index in [2.05, 4.69) is 25.7 Å². The maximum absolute atomic E-state index is 12.4. The van der Waals surface area contributed by atoms with Crippen molar-refractivity contribution in [3.63, 3.8) is 0 Å². The average molecular weight is 412 g/mol. The molecule has 150 valence electrons.